The fourth-order valence-corrected chi connectivity index (χ4v) is 3.65. The van der Waals surface area contributed by atoms with Crippen molar-refractivity contribution in [3.05, 3.63) is 82.3 Å². The van der Waals surface area contributed by atoms with Gasteiger partial charge in [-0.15, -0.1) is 0 Å². The summed E-state index contributed by atoms with van der Waals surface area (Å²) >= 11 is 0. The quantitative estimate of drug-likeness (QED) is 0.298. The monoisotopic (exact) mass is 473 g/mol. The summed E-state index contributed by atoms with van der Waals surface area (Å²) in [5.41, 5.74) is 5.07. The normalized spacial score (nSPS) is 17.1. The van der Waals surface area contributed by atoms with Gasteiger partial charge in [-0.05, 0) is 72.4 Å². The van der Waals surface area contributed by atoms with Gasteiger partial charge in [0.15, 0.2) is 0 Å². The van der Waals surface area contributed by atoms with Gasteiger partial charge < -0.3 is 19.7 Å². The predicted octanol–water partition coefficient (Wildman–Crippen LogP) is 3.95. The smallest absolute Gasteiger partial charge is 0.353 e. The van der Waals surface area contributed by atoms with Crippen molar-refractivity contribution in [2.75, 3.05) is 14.2 Å². The van der Waals surface area contributed by atoms with Crippen LogP contribution in [0.25, 0.3) is 0 Å². The van der Waals surface area contributed by atoms with Crippen LogP contribution in [0.5, 0.6) is 11.5 Å². The second-order valence-electron chi connectivity index (χ2n) is 7.14. The molecule has 31 heavy (non-hydrogen) atoms. The number of hydrogen-bond acceptors (Lipinski definition) is 4. The Hall–Kier alpha value is -3.02. The Morgan fingerprint density at radius 3 is 2.00 bits per heavy atom. The molecule has 0 amide bonds. The topological polar surface area (TPSA) is 102 Å². The van der Waals surface area contributed by atoms with Crippen LogP contribution < -0.4 is 9.47 Å². The number of rotatable bonds is 2. The van der Waals surface area contributed by atoms with E-state index in [9.17, 15) is 9.59 Å². The van der Waals surface area contributed by atoms with Crippen molar-refractivity contribution in [3.8, 4) is 11.5 Å². The molecule has 1 radical (unpaired) electrons. The van der Waals surface area contributed by atoms with E-state index in [1.54, 1.807) is 20.3 Å². The van der Waals surface area contributed by atoms with Crippen LogP contribution in [-0.2, 0) is 29.9 Å². The molecule has 2 aromatic carbocycles. The molecule has 4 N–H and O–H groups in total. The van der Waals surface area contributed by atoms with Crippen molar-refractivity contribution in [1.82, 2.24) is 0 Å². The molecule has 4 rings (SSSR count). The van der Waals surface area contributed by atoms with Crippen LogP contribution >= 0.6 is 0 Å². The Morgan fingerprint density at radius 1 is 0.806 bits per heavy atom. The van der Waals surface area contributed by atoms with Crippen molar-refractivity contribution in [1.29, 1.82) is 0 Å². The summed E-state index contributed by atoms with van der Waals surface area (Å²) in [5, 5.41) is 17.9. The van der Waals surface area contributed by atoms with Crippen molar-refractivity contribution >= 4 is 11.6 Å². The minimum Gasteiger partial charge on any atom is -0.516 e. The summed E-state index contributed by atoms with van der Waals surface area (Å²) in [6, 6.07) is 11.1. The Bertz CT molecular complexity index is 1040. The first-order valence-corrected chi connectivity index (χ1v) is 9.61. The second-order valence-corrected chi connectivity index (χ2v) is 7.14. The SMILES string of the molecule is COc1ccc2c(c1)CC(=CO)CC2=[OH+].COc1ccc2c(c1)CCC(=CO)C2=[OH+].[Cu]. The molecule has 0 aromatic heterocycles. The first-order valence-electron chi connectivity index (χ1n) is 9.61. The Balaban J connectivity index is 0.000000213. The maximum atomic E-state index is 9.83. The van der Waals surface area contributed by atoms with Gasteiger partial charge in [-0.25, -0.2) is 0 Å². The van der Waals surface area contributed by atoms with Gasteiger partial charge in [0.25, 0.3) is 0 Å². The van der Waals surface area contributed by atoms with E-state index >= 15 is 0 Å². The van der Waals surface area contributed by atoms with Crippen LogP contribution in [-0.4, -0.2) is 45.6 Å². The fourth-order valence-electron chi connectivity index (χ4n) is 3.65. The van der Waals surface area contributed by atoms with Gasteiger partial charge >= 0.3 is 11.6 Å². The molecule has 6 nitrogen and oxygen atoms in total. The molecule has 0 fully saturated rings. The summed E-state index contributed by atoms with van der Waals surface area (Å²) in [6.45, 7) is 0. The van der Waals surface area contributed by atoms with E-state index in [0.717, 1.165) is 58.3 Å². The maximum absolute atomic E-state index is 9.83. The molecule has 2 aliphatic rings. The summed E-state index contributed by atoms with van der Waals surface area (Å²) in [6.07, 6.45) is 4.59. The molecule has 0 atom stereocenters. The van der Waals surface area contributed by atoms with Crippen LogP contribution in [0.2, 0.25) is 0 Å². The number of ketones is 2. The van der Waals surface area contributed by atoms with Crippen LogP contribution in [0.1, 0.15) is 35.1 Å². The number of aliphatic hydroxyl groups excluding tert-OH is 2. The van der Waals surface area contributed by atoms with E-state index in [2.05, 4.69) is 0 Å². The number of benzene rings is 2. The molecule has 167 valence electrons. The fraction of sp³-hybridized carbons (Fsp3) is 0.250. The van der Waals surface area contributed by atoms with E-state index in [1.807, 2.05) is 30.3 Å². The van der Waals surface area contributed by atoms with Crippen molar-refractivity contribution in [2.24, 2.45) is 0 Å². The summed E-state index contributed by atoms with van der Waals surface area (Å²) < 4.78 is 10.2. The summed E-state index contributed by atoms with van der Waals surface area (Å²) in [7, 11) is 3.23. The third kappa shape index (κ3) is 5.37. The van der Waals surface area contributed by atoms with Gasteiger partial charge in [-0.1, -0.05) is 0 Å². The van der Waals surface area contributed by atoms with Crippen LogP contribution in [0.4, 0.5) is 0 Å². The number of aryl methyl sites for hydroxylation is 1. The van der Waals surface area contributed by atoms with Crippen LogP contribution in [0.3, 0.4) is 0 Å². The largest absolute Gasteiger partial charge is 0.516 e. The number of ether oxygens (including phenoxy) is 2. The molecule has 2 aromatic rings. The summed E-state index contributed by atoms with van der Waals surface area (Å²) in [5.74, 6) is 2.03. The average molecular weight is 474 g/mol. The molecule has 0 spiro atoms. The molecule has 0 saturated carbocycles. The molecule has 0 bridgehead atoms. The van der Waals surface area contributed by atoms with Gasteiger partial charge in [0.1, 0.15) is 11.5 Å². The number of carbonyl (C=O) groups excluding carboxylic acids is 2. The standard InChI is InChI=1S/2C12H12O3.Cu/c1-15-10-2-3-11-9(6-10)4-8(7-13)5-12(11)14;1-15-10-4-5-11-8(6-10)2-3-9(7-13)12(11)14;/h2-3,6-7,13H,4-5H2,1H3;4-7,13H,2-3H2,1H3;/p+2. The average Bonchev–Trinajstić information content (AvgIpc) is 2.79. The first kappa shape index (κ1) is 24.3. The van der Waals surface area contributed by atoms with E-state index in [0.29, 0.717) is 30.6 Å². The number of aliphatic hydroxyl groups is 2. The van der Waals surface area contributed by atoms with E-state index in [-0.39, 0.29) is 22.9 Å². The Morgan fingerprint density at radius 2 is 1.42 bits per heavy atom. The van der Waals surface area contributed by atoms with E-state index < -0.39 is 0 Å². The molecule has 2 aliphatic carbocycles. The predicted molar refractivity (Wildman–Crippen MR) is 116 cm³/mol. The molecule has 0 unspecified atom stereocenters. The van der Waals surface area contributed by atoms with Gasteiger partial charge in [0, 0.05) is 17.1 Å². The first-order chi connectivity index (χ1) is 14.5. The van der Waals surface area contributed by atoms with Gasteiger partial charge in [-0.2, -0.15) is 0 Å². The van der Waals surface area contributed by atoms with Gasteiger partial charge in [-0.3, -0.25) is 9.59 Å². The zero-order valence-corrected chi connectivity index (χ0v) is 18.3. The van der Waals surface area contributed by atoms with Crippen molar-refractivity contribution < 1.29 is 46.3 Å². The minimum absolute atomic E-state index is 0. The van der Waals surface area contributed by atoms with E-state index in [4.69, 9.17) is 19.7 Å². The number of hydrogen-bond donors (Lipinski definition) is 2. The van der Waals surface area contributed by atoms with Crippen molar-refractivity contribution in [2.45, 2.75) is 25.7 Å². The third-order valence-electron chi connectivity index (χ3n) is 5.31. The van der Waals surface area contributed by atoms with E-state index in [1.165, 1.54) is 0 Å². The molecule has 0 aliphatic heterocycles. The Kier molecular flexibility index (Phi) is 8.48. The molecular weight excluding hydrogens is 448 g/mol. The number of methoxy groups -OCH3 is 2. The molecule has 7 heteroatoms. The van der Waals surface area contributed by atoms with Crippen molar-refractivity contribution in [3.63, 3.8) is 0 Å². The zero-order chi connectivity index (χ0) is 21.7. The van der Waals surface area contributed by atoms with Crippen LogP contribution in [0, 0.1) is 0 Å². The minimum atomic E-state index is 0. The zero-order valence-electron chi connectivity index (χ0n) is 17.4. The van der Waals surface area contributed by atoms with Crippen LogP contribution in [0.15, 0.2) is 60.1 Å². The molecular formula is C24H26CuO6+2. The number of allylic oxidation sites excluding steroid dienone is 2. The second kappa shape index (κ2) is 10.8. The maximum Gasteiger partial charge on any atom is 0.353 e. The Labute approximate surface area is 191 Å². The molecule has 0 heterocycles. The van der Waals surface area contributed by atoms with Gasteiger partial charge in [0.2, 0.25) is 0 Å². The number of fused-ring (bicyclic) bond motifs is 2. The summed E-state index contributed by atoms with van der Waals surface area (Å²) in [4.78, 5) is 19.6. The van der Waals surface area contributed by atoms with Gasteiger partial charge in [0.05, 0.1) is 49.9 Å². The molecule has 0 saturated heterocycles. The third-order valence-corrected chi connectivity index (χ3v) is 5.31.